The first-order valence-corrected chi connectivity index (χ1v) is 9.61. The Morgan fingerprint density at radius 3 is 2.76 bits per heavy atom. The van der Waals surface area contributed by atoms with E-state index in [2.05, 4.69) is 20.6 Å². The summed E-state index contributed by atoms with van der Waals surface area (Å²) in [7, 11) is 1.63. The Hall–Kier alpha value is -2.87. The van der Waals surface area contributed by atoms with Gasteiger partial charge >= 0.3 is 0 Å². The number of halogens is 1. The molecule has 0 fully saturated rings. The number of rotatable bonds is 11. The van der Waals surface area contributed by atoms with Crippen LogP contribution in [0.25, 0.3) is 0 Å². The lowest BCUT2D eigenvalue weighted by atomic mass is 10.3. The van der Waals surface area contributed by atoms with Gasteiger partial charge in [-0.3, -0.25) is 0 Å². The second-order valence-electron chi connectivity index (χ2n) is 6.31. The van der Waals surface area contributed by atoms with Gasteiger partial charge in [-0.1, -0.05) is 12.1 Å². The molecule has 1 heterocycles. The molecule has 29 heavy (non-hydrogen) atoms. The molecule has 8 heteroatoms. The van der Waals surface area contributed by atoms with Crippen molar-refractivity contribution in [3.63, 3.8) is 0 Å². The average Bonchev–Trinajstić information content (AvgIpc) is 2.71. The van der Waals surface area contributed by atoms with Crippen LogP contribution in [0.15, 0.2) is 47.6 Å². The van der Waals surface area contributed by atoms with Crippen molar-refractivity contribution in [2.24, 2.45) is 4.99 Å². The highest BCUT2D eigenvalue weighted by molar-refractivity contribution is 5.79. The number of ether oxygens (including phenoxy) is 3. The van der Waals surface area contributed by atoms with Crippen LogP contribution < -0.4 is 20.1 Å². The first-order valence-electron chi connectivity index (χ1n) is 9.61. The number of nitrogens with one attached hydrogen (secondary N) is 2. The minimum atomic E-state index is -0.318. The van der Waals surface area contributed by atoms with Gasteiger partial charge in [0.15, 0.2) is 5.96 Å². The summed E-state index contributed by atoms with van der Waals surface area (Å²) in [6.07, 6.45) is 1.58. The van der Waals surface area contributed by atoms with Crippen molar-refractivity contribution in [2.45, 2.75) is 26.5 Å². The lowest BCUT2D eigenvalue weighted by molar-refractivity contribution is 0.143. The molecule has 0 spiro atoms. The molecule has 158 valence electrons. The first-order chi connectivity index (χ1) is 14.1. The molecule has 0 saturated heterocycles. The van der Waals surface area contributed by atoms with Crippen molar-refractivity contribution < 1.29 is 18.6 Å². The number of benzene rings is 1. The number of aromatic nitrogens is 1. The molecule has 0 aliphatic carbocycles. The van der Waals surface area contributed by atoms with Gasteiger partial charge in [-0.05, 0) is 31.5 Å². The van der Waals surface area contributed by atoms with Crippen molar-refractivity contribution in [1.82, 2.24) is 15.6 Å². The summed E-state index contributed by atoms with van der Waals surface area (Å²) < 4.78 is 29.4. The Morgan fingerprint density at radius 1 is 1.21 bits per heavy atom. The van der Waals surface area contributed by atoms with E-state index in [0.717, 1.165) is 12.1 Å². The fourth-order valence-electron chi connectivity index (χ4n) is 2.39. The summed E-state index contributed by atoms with van der Waals surface area (Å²) in [5.41, 5.74) is 0.963. The molecule has 0 amide bonds. The smallest absolute Gasteiger partial charge is 0.213 e. The zero-order chi connectivity index (χ0) is 20.9. The van der Waals surface area contributed by atoms with E-state index in [9.17, 15) is 4.39 Å². The monoisotopic (exact) mass is 404 g/mol. The Labute approximate surface area is 171 Å². The molecule has 7 nitrogen and oxygen atoms in total. The zero-order valence-corrected chi connectivity index (χ0v) is 17.2. The molecule has 0 aliphatic heterocycles. The number of guanidine groups is 1. The third-order valence-corrected chi connectivity index (χ3v) is 3.79. The second-order valence-corrected chi connectivity index (χ2v) is 6.31. The van der Waals surface area contributed by atoms with Crippen molar-refractivity contribution in [3.05, 3.63) is 54.0 Å². The highest BCUT2D eigenvalue weighted by atomic mass is 19.1. The molecule has 1 aromatic carbocycles. The molecule has 1 aromatic heterocycles. The topological polar surface area (TPSA) is 77.0 Å². The third-order valence-electron chi connectivity index (χ3n) is 3.79. The predicted octanol–water partition coefficient (Wildman–Crippen LogP) is 2.77. The Morgan fingerprint density at radius 2 is 2.07 bits per heavy atom. The SMILES string of the molecule is CCNC(=NCc1ccc(OCCOC)nc1)NCC(C)Oc1cccc(F)c1. The lowest BCUT2D eigenvalue weighted by Crippen LogP contribution is -2.41. The molecule has 2 aromatic rings. The van der Waals surface area contributed by atoms with Crippen molar-refractivity contribution >= 4 is 5.96 Å². The van der Waals surface area contributed by atoms with Gasteiger partial charge in [-0.15, -0.1) is 0 Å². The summed E-state index contributed by atoms with van der Waals surface area (Å²) >= 11 is 0. The maximum atomic E-state index is 13.3. The zero-order valence-electron chi connectivity index (χ0n) is 17.2. The number of pyridine rings is 1. The highest BCUT2D eigenvalue weighted by Gasteiger charge is 2.07. The minimum Gasteiger partial charge on any atom is -0.489 e. The quantitative estimate of drug-likeness (QED) is 0.341. The van der Waals surface area contributed by atoms with Gasteiger partial charge in [0.25, 0.3) is 0 Å². The van der Waals surface area contributed by atoms with Crippen LogP contribution in [-0.4, -0.2) is 50.5 Å². The fraction of sp³-hybridized carbons (Fsp3) is 0.429. The third kappa shape index (κ3) is 8.78. The highest BCUT2D eigenvalue weighted by Crippen LogP contribution is 2.13. The van der Waals surface area contributed by atoms with Gasteiger partial charge < -0.3 is 24.8 Å². The molecule has 2 rings (SSSR count). The average molecular weight is 404 g/mol. The van der Waals surface area contributed by atoms with Gasteiger partial charge in [0.1, 0.15) is 24.3 Å². The maximum Gasteiger partial charge on any atom is 0.213 e. The van der Waals surface area contributed by atoms with Crippen molar-refractivity contribution in [3.8, 4) is 11.6 Å². The summed E-state index contributed by atoms with van der Waals surface area (Å²) in [4.78, 5) is 8.82. The Bertz CT molecular complexity index is 756. The van der Waals surface area contributed by atoms with Crippen LogP contribution in [0.2, 0.25) is 0 Å². The molecule has 0 aliphatic rings. The Balaban J connectivity index is 1.83. The van der Waals surface area contributed by atoms with Gasteiger partial charge in [-0.25, -0.2) is 14.4 Å². The second kappa shape index (κ2) is 12.6. The predicted molar refractivity (Wildman–Crippen MR) is 111 cm³/mol. The Kier molecular flexibility index (Phi) is 9.71. The number of methoxy groups -OCH3 is 1. The first kappa shape index (κ1) is 22.4. The van der Waals surface area contributed by atoms with E-state index < -0.39 is 0 Å². The molecule has 1 atom stereocenters. The molecular formula is C21H29FN4O3. The molecular weight excluding hydrogens is 375 g/mol. The van der Waals surface area contributed by atoms with Crippen LogP contribution in [0.5, 0.6) is 11.6 Å². The van der Waals surface area contributed by atoms with Crippen LogP contribution in [0.3, 0.4) is 0 Å². The molecule has 0 radical (unpaired) electrons. The van der Waals surface area contributed by atoms with Gasteiger partial charge in [0, 0.05) is 32.0 Å². The van der Waals surface area contributed by atoms with E-state index in [4.69, 9.17) is 14.2 Å². The number of aliphatic imine (C=N–C) groups is 1. The van der Waals surface area contributed by atoms with E-state index in [1.807, 2.05) is 26.0 Å². The molecule has 2 N–H and O–H groups in total. The van der Waals surface area contributed by atoms with E-state index in [1.54, 1.807) is 25.4 Å². The minimum absolute atomic E-state index is 0.161. The van der Waals surface area contributed by atoms with Crippen LogP contribution in [0, 0.1) is 5.82 Å². The van der Waals surface area contributed by atoms with Crippen molar-refractivity contribution in [2.75, 3.05) is 33.4 Å². The summed E-state index contributed by atoms with van der Waals surface area (Å²) in [5, 5.41) is 6.42. The van der Waals surface area contributed by atoms with E-state index in [0.29, 0.717) is 43.9 Å². The maximum absolute atomic E-state index is 13.3. The van der Waals surface area contributed by atoms with Crippen LogP contribution in [-0.2, 0) is 11.3 Å². The lowest BCUT2D eigenvalue weighted by Gasteiger charge is -2.17. The summed E-state index contributed by atoms with van der Waals surface area (Å²) in [5.74, 6) is 1.41. The van der Waals surface area contributed by atoms with Crippen LogP contribution in [0.4, 0.5) is 4.39 Å². The summed E-state index contributed by atoms with van der Waals surface area (Å²) in [6, 6.07) is 9.85. The van der Waals surface area contributed by atoms with Gasteiger partial charge in [0.05, 0.1) is 19.7 Å². The van der Waals surface area contributed by atoms with Crippen LogP contribution in [0.1, 0.15) is 19.4 Å². The molecule has 0 saturated carbocycles. The summed E-state index contributed by atoms with van der Waals surface area (Å²) in [6.45, 7) is 6.62. The van der Waals surface area contributed by atoms with Crippen molar-refractivity contribution in [1.29, 1.82) is 0 Å². The molecule has 1 unspecified atom stereocenters. The van der Waals surface area contributed by atoms with E-state index in [1.165, 1.54) is 12.1 Å². The van der Waals surface area contributed by atoms with Gasteiger partial charge in [0.2, 0.25) is 5.88 Å². The normalized spacial score (nSPS) is 12.3. The van der Waals surface area contributed by atoms with Crippen LogP contribution >= 0.6 is 0 Å². The largest absolute Gasteiger partial charge is 0.489 e. The molecule has 0 bridgehead atoms. The van der Waals surface area contributed by atoms with Gasteiger partial charge in [-0.2, -0.15) is 0 Å². The number of hydrogen-bond donors (Lipinski definition) is 2. The standard InChI is InChI=1S/C21H29FN4O3/c1-4-23-21(25-13-16(2)29-19-7-5-6-18(22)12-19)26-15-17-8-9-20(24-14-17)28-11-10-27-3/h5-9,12,14,16H,4,10-11,13,15H2,1-3H3,(H2,23,25,26). The number of nitrogens with zero attached hydrogens (tertiary/aromatic N) is 2. The number of hydrogen-bond acceptors (Lipinski definition) is 5. The van der Waals surface area contributed by atoms with E-state index in [-0.39, 0.29) is 11.9 Å². The fourth-order valence-corrected chi connectivity index (χ4v) is 2.39. The van der Waals surface area contributed by atoms with E-state index >= 15 is 0 Å².